The van der Waals surface area contributed by atoms with E-state index in [1.165, 1.54) is 5.56 Å². The number of aryl methyl sites for hydroxylation is 3. The predicted octanol–water partition coefficient (Wildman–Crippen LogP) is 2.47. The van der Waals surface area contributed by atoms with Crippen molar-refractivity contribution < 1.29 is 14.7 Å². The van der Waals surface area contributed by atoms with Crippen molar-refractivity contribution in [1.82, 2.24) is 10.2 Å². The first-order valence-corrected chi connectivity index (χ1v) is 10.3. The Bertz CT molecular complexity index is 844. The van der Waals surface area contributed by atoms with E-state index in [4.69, 9.17) is 5.73 Å². The number of carbonyl (C=O) groups is 2. The highest BCUT2D eigenvalue weighted by molar-refractivity contribution is 5.99. The Labute approximate surface area is 179 Å². The zero-order chi connectivity index (χ0) is 22.3. The monoisotopic (exact) mass is 411 g/mol. The zero-order valence-electron chi connectivity index (χ0n) is 18.3. The molecule has 0 aliphatic carbocycles. The van der Waals surface area contributed by atoms with Gasteiger partial charge in [-0.3, -0.25) is 19.8 Å². The summed E-state index contributed by atoms with van der Waals surface area (Å²) in [6, 6.07) is 12.2. The molecule has 0 spiro atoms. The number of carbonyl (C=O) groups excluding carboxylic acids is 2. The molecule has 0 saturated heterocycles. The number of benzene rings is 2. The molecule has 2 amide bonds. The summed E-state index contributed by atoms with van der Waals surface area (Å²) in [7, 11) is 1.88. The van der Waals surface area contributed by atoms with Gasteiger partial charge in [-0.15, -0.1) is 0 Å². The number of phenolic OH excluding ortho intramolecular Hbond substituents is 1. The molecule has 4 N–H and O–H groups in total. The molecular formula is C24H33N3O3. The van der Waals surface area contributed by atoms with Crippen molar-refractivity contribution in [2.24, 2.45) is 5.73 Å². The highest BCUT2D eigenvalue weighted by Crippen LogP contribution is 2.21. The van der Waals surface area contributed by atoms with Crippen molar-refractivity contribution in [2.45, 2.75) is 52.1 Å². The molecule has 2 aromatic carbocycles. The fourth-order valence-corrected chi connectivity index (χ4v) is 3.49. The summed E-state index contributed by atoms with van der Waals surface area (Å²) in [5, 5.41) is 12.1. The quantitative estimate of drug-likeness (QED) is 0.589. The maximum atomic E-state index is 12.5. The van der Waals surface area contributed by atoms with E-state index in [1.54, 1.807) is 19.1 Å². The number of imide groups is 1. The molecule has 0 aliphatic rings. The molecule has 1 unspecified atom stereocenters. The summed E-state index contributed by atoms with van der Waals surface area (Å²) in [6.45, 7) is 6.26. The van der Waals surface area contributed by atoms with Gasteiger partial charge in [0.25, 0.3) is 0 Å². The van der Waals surface area contributed by atoms with Gasteiger partial charge in [0.15, 0.2) is 0 Å². The minimum atomic E-state index is -0.841. The first-order valence-electron chi connectivity index (χ1n) is 10.3. The van der Waals surface area contributed by atoms with Crippen molar-refractivity contribution in [1.29, 1.82) is 0 Å². The second-order valence-electron chi connectivity index (χ2n) is 7.97. The molecule has 6 heteroatoms. The van der Waals surface area contributed by atoms with Crippen LogP contribution in [-0.4, -0.2) is 47.5 Å². The van der Waals surface area contributed by atoms with E-state index in [9.17, 15) is 14.7 Å². The Balaban J connectivity index is 1.84. The number of nitrogens with two attached hydrogens (primary N) is 1. The minimum absolute atomic E-state index is 0.186. The van der Waals surface area contributed by atoms with Crippen LogP contribution in [0.3, 0.4) is 0 Å². The lowest BCUT2D eigenvalue weighted by Crippen LogP contribution is -2.51. The van der Waals surface area contributed by atoms with Gasteiger partial charge in [0.1, 0.15) is 5.75 Å². The molecule has 2 aromatic rings. The average molecular weight is 412 g/mol. The van der Waals surface area contributed by atoms with Crippen molar-refractivity contribution in [2.75, 3.05) is 13.6 Å². The average Bonchev–Trinajstić information content (AvgIpc) is 2.70. The second kappa shape index (κ2) is 10.9. The van der Waals surface area contributed by atoms with Crippen molar-refractivity contribution in [3.63, 3.8) is 0 Å². The molecule has 0 fully saturated rings. The number of hydrogen-bond acceptors (Lipinski definition) is 5. The van der Waals surface area contributed by atoms with Crippen LogP contribution in [0.5, 0.6) is 5.75 Å². The Morgan fingerprint density at radius 3 is 2.30 bits per heavy atom. The number of rotatable bonds is 9. The minimum Gasteiger partial charge on any atom is -0.508 e. The van der Waals surface area contributed by atoms with Crippen molar-refractivity contribution in [3.05, 3.63) is 64.7 Å². The molecule has 2 atom stereocenters. The van der Waals surface area contributed by atoms with Crippen LogP contribution in [-0.2, 0) is 22.4 Å². The van der Waals surface area contributed by atoms with Crippen LogP contribution in [0.15, 0.2) is 42.5 Å². The number of nitrogens with one attached hydrogen (secondary N) is 1. The third kappa shape index (κ3) is 6.68. The highest BCUT2D eigenvalue weighted by atomic mass is 16.3. The third-order valence-electron chi connectivity index (χ3n) is 5.55. The van der Waals surface area contributed by atoms with Crippen LogP contribution in [0, 0.1) is 13.8 Å². The molecule has 6 nitrogen and oxygen atoms in total. The normalized spacial score (nSPS) is 13.1. The number of hydrogen-bond donors (Lipinski definition) is 3. The lowest BCUT2D eigenvalue weighted by Gasteiger charge is -2.24. The molecular weight excluding hydrogens is 378 g/mol. The Kier molecular flexibility index (Phi) is 8.57. The lowest BCUT2D eigenvalue weighted by molar-refractivity contribution is -0.133. The lowest BCUT2D eigenvalue weighted by atomic mass is 9.96. The summed E-state index contributed by atoms with van der Waals surface area (Å²) in [5.41, 5.74) is 9.97. The summed E-state index contributed by atoms with van der Waals surface area (Å²) in [5.74, 6) is -0.653. The van der Waals surface area contributed by atoms with Crippen molar-refractivity contribution >= 4 is 11.8 Å². The van der Waals surface area contributed by atoms with Gasteiger partial charge in [-0.25, -0.2) is 0 Å². The first-order chi connectivity index (χ1) is 14.2. The number of likely N-dealkylation sites (N-methyl/N-ethyl adjacent to an activating group) is 1. The largest absolute Gasteiger partial charge is 0.508 e. The summed E-state index contributed by atoms with van der Waals surface area (Å²) < 4.78 is 0. The number of aromatic hydroxyl groups is 1. The fraction of sp³-hybridized carbons (Fsp3) is 0.417. The van der Waals surface area contributed by atoms with Crippen LogP contribution in [0.2, 0.25) is 0 Å². The van der Waals surface area contributed by atoms with Gasteiger partial charge in [-0.05, 0) is 88.0 Å². The number of amides is 2. The summed E-state index contributed by atoms with van der Waals surface area (Å²) in [4.78, 5) is 26.9. The Morgan fingerprint density at radius 2 is 1.70 bits per heavy atom. The third-order valence-corrected chi connectivity index (χ3v) is 5.55. The summed E-state index contributed by atoms with van der Waals surface area (Å²) in [6.07, 6.45) is 2.16. The van der Waals surface area contributed by atoms with Gasteiger partial charge in [0.2, 0.25) is 11.8 Å². The number of phenols is 1. The van der Waals surface area contributed by atoms with E-state index in [0.717, 1.165) is 36.1 Å². The van der Waals surface area contributed by atoms with Gasteiger partial charge in [-0.2, -0.15) is 0 Å². The van der Waals surface area contributed by atoms with E-state index in [0.29, 0.717) is 6.42 Å². The first kappa shape index (κ1) is 23.6. The van der Waals surface area contributed by atoms with E-state index in [-0.39, 0.29) is 11.7 Å². The van der Waals surface area contributed by atoms with Crippen LogP contribution in [0.4, 0.5) is 0 Å². The van der Waals surface area contributed by atoms with Crippen LogP contribution in [0.1, 0.15) is 35.6 Å². The topological polar surface area (TPSA) is 95.7 Å². The van der Waals surface area contributed by atoms with Crippen LogP contribution in [0.25, 0.3) is 0 Å². The molecule has 30 heavy (non-hydrogen) atoms. The Morgan fingerprint density at radius 1 is 1.10 bits per heavy atom. The maximum Gasteiger partial charge on any atom is 0.243 e. The molecule has 0 aliphatic heterocycles. The summed E-state index contributed by atoms with van der Waals surface area (Å²) >= 11 is 0. The molecule has 162 valence electrons. The fourth-order valence-electron chi connectivity index (χ4n) is 3.49. The molecule has 0 saturated carbocycles. The van der Waals surface area contributed by atoms with E-state index >= 15 is 0 Å². The predicted molar refractivity (Wildman–Crippen MR) is 119 cm³/mol. The van der Waals surface area contributed by atoms with Gasteiger partial charge in [0, 0.05) is 0 Å². The van der Waals surface area contributed by atoms with Gasteiger partial charge in [0.05, 0.1) is 12.1 Å². The Hall–Kier alpha value is -2.70. The van der Waals surface area contributed by atoms with Gasteiger partial charge < -0.3 is 10.8 Å². The second-order valence-corrected chi connectivity index (χ2v) is 7.97. The van der Waals surface area contributed by atoms with Gasteiger partial charge >= 0.3 is 0 Å². The van der Waals surface area contributed by atoms with E-state index in [1.807, 2.05) is 44.0 Å². The smallest absolute Gasteiger partial charge is 0.243 e. The number of nitrogens with zero attached hydrogens (tertiary/aromatic N) is 1. The van der Waals surface area contributed by atoms with Crippen molar-refractivity contribution in [3.8, 4) is 5.75 Å². The maximum absolute atomic E-state index is 12.5. The molecule has 2 rings (SSSR count). The highest BCUT2D eigenvalue weighted by Gasteiger charge is 2.23. The molecule has 0 heterocycles. The van der Waals surface area contributed by atoms with E-state index in [2.05, 4.69) is 17.4 Å². The standard InChI is InChI=1S/C24H33N3O3/c1-16-13-20(28)14-17(2)21(16)15-22(25)24(30)26-23(29)18(3)27(4)12-8-11-19-9-6-5-7-10-19/h5-7,9-10,13-14,18,22,28H,8,11-12,15,25H2,1-4H3,(H,26,29,30)/t18-,22?/m1/s1. The van der Waals surface area contributed by atoms with Crippen LogP contribution >= 0.6 is 0 Å². The molecule has 0 aromatic heterocycles. The SMILES string of the molecule is Cc1cc(O)cc(C)c1CC(N)C(=O)NC(=O)[C@@H](C)N(C)CCCc1ccccc1. The molecule has 0 radical (unpaired) electrons. The van der Waals surface area contributed by atoms with Gasteiger partial charge in [-0.1, -0.05) is 30.3 Å². The zero-order valence-corrected chi connectivity index (χ0v) is 18.3. The van der Waals surface area contributed by atoms with E-state index < -0.39 is 18.0 Å². The molecule has 0 bridgehead atoms. The van der Waals surface area contributed by atoms with Crippen LogP contribution < -0.4 is 11.1 Å².